The third-order valence-corrected chi connectivity index (χ3v) is 4.72. The molecule has 4 rings (SSSR count). The third kappa shape index (κ3) is 3.73. The fraction of sp³-hybridized carbons (Fsp3) is 0.421. The number of hydrogen-bond acceptors (Lipinski definition) is 5. The summed E-state index contributed by atoms with van der Waals surface area (Å²) in [7, 11) is 0. The Morgan fingerprint density at radius 1 is 1.08 bits per heavy atom. The van der Waals surface area contributed by atoms with Gasteiger partial charge in [0.25, 0.3) is 0 Å². The molecule has 1 aromatic heterocycles. The van der Waals surface area contributed by atoms with E-state index in [1.807, 2.05) is 41.3 Å². The van der Waals surface area contributed by atoms with Crippen LogP contribution in [0, 0.1) is 0 Å². The second kappa shape index (κ2) is 6.70. The van der Waals surface area contributed by atoms with Crippen LogP contribution in [-0.4, -0.2) is 53.0 Å². The molecule has 1 saturated carbocycles. The SMILES string of the molecule is CC(=O)N1CCN(c2cc(NC3CC3)nc(-c3ccccc3)n2)CC1. The number of nitrogens with zero attached hydrogens (tertiary/aromatic N) is 4. The topological polar surface area (TPSA) is 61.4 Å². The minimum Gasteiger partial charge on any atom is -0.367 e. The predicted octanol–water partition coefficient (Wildman–Crippen LogP) is 2.39. The molecule has 1 N–H and O–H groups in total. The lowest BCUT2D eigenvalue weighted by molar-refractivity contribution is -0.129. The zero-order valence-corrected chi connectivity index (χ0v) is 14.5. The fourth-order valence-corrected chi connectivity index (χ4v) is 3.07. The van der Waals surface area contributed by atoms with Crippen LogP contribution >= 0.6 is 0 Å². The van der Waals surface area contributed by atoms with Gasteiger partial charge in [0.15, 0.2) is 5.82 Å². The summed E-state index contributed by atoms with van der Waals surface area (Å²) in [6.45, 7) is 4.71. The summed E-state index contributed by atoms with van der Waals surface area (Å²) >= 11 is 0. The van der Waals surface area contributed by atoms with Gasteiger partial charge in [-0.1, -0.05) is 30.3 Å². The average molecular weight is 337 g/mol. The minimum atomic E-state index is 0.142. The molecule has 2 aromatic rings. The average Bonchev–Trinajstić information content (AvgIpc) is 3.46. The fourth-order valence-electron chi connectivity index (χ4n) is 3.07. The van der Waals surface area contributed by atoms with Crippen LogP contribution in [0.3, 0.4) is 0 Å². The Morgan fingerprint density at radius 2 is 1.80 bits per heavy atom. The van der Waals surface area contributed by atoms with Crippen LogP contribution in [0.1, 0.15) is 19.8 Å². The van der Waals surface area contributed by atoms with E-state index in [1.165, 1.54) is 12.8 Å². The lowest BCUT2D eigenvalue weighted by Gasteiger charge is -2.35. The van der Waals surface area contributed by atoms with Gasteiger partial charge in [-0.05, 0) is 12.8 Å². The number of anilines is 2. The second-order valence-corrected chi connectivity index (χ2v) is 6.71. The minimum absolute atomic E-state index is 0.142. The first-order chi connectivity index (χ1) is 12.2. The van der Waals surface area contributed by atoms with Crippen molar-refractivity contribution in [3.63, 3.8) is 0 Å². The molecule has 1 aliphatic carbocycles. The molecule has 0 unspecified atom stereocenters. The summed E-state index contributed by atoms with van der Waals surface area (Å²) < 4.78 is 0. The summed E-state index contributed by atoms with van der Waals surface area (Å²) in [6, 6.07) is 12.7. The van der Waals surface area contributed by atoms with Gasteiger partial charge in [-0.3, -0.25) is 4.79 Å². The summed E-state index contributed by atoms with van der Waals surface area (Å²) in [5.41, 5.74) is 1.02. The van der Waals surface area contributed by atoms with Gasteiger partial charge in [-0.15, -0.1) is 0 Å². The van der Waals surface area contributed by atoms with Crippen LogP contribution in [0.15, 0.2) is 36.4 Å². The number of rotatable bonds is 4. The van der Waals surface area contributed by atoms with Crippen molar-refractivity contribution in [2.24, 2.45) is 0 Å². The molecule has 0 bridgehead atoms. The van der Waals surface area contributed by atoms with E-state index in [9.17, 15) is 4.79 Å². The van der Waals surface area contributed by atoms with Crippen LogP contribution in [-0.2, 0) is 4.79 Å². The Labute approximate surface area is 147 Å². The summed E-state index contributed by atoms with van der Waals surface area (Å²) in [5, 5.41) is 3.49. The number of nitrogens with one attached hydrogen (secondary N) is 1. The molecule has 130 valence electrons. The monoisotopic (exact) mass is 337 g/mol. The number of carbonyl (C=O) groups excluding carboxylic acids is 1. The first kappa shape index (κ1) is 15.9. The Balaban J connectivity index is 1.61. The zero-order chi connectivity index (χ0) is 17.2. The molecule has 6 nitrogen and oxygen atoms in total. The Bertz CT molecular complexity index is 752. The number of hydrogen-bond donors (Lipinski definition) is 1. The smallest absolute Gasteiger partial charge is 0.219 e. The van der Waals surface area contributed by atoms with E-state index in [1.54, 1.807) is 6.92 Å². The molecule has 2 heterocycles. The summed E-state index contributed by atoms with van der Waals surface area (Å²) in [6.07, 6.45) is 2.41. The standard InChI is InChI=1S/C19H23N5O/c1-14(25)23-9-11-24(12-10-23)18-13-17(20-16-7-8-16)21-19(22-18)15-5-3-2-4-6-15/h2-6,13,16H,7-12H2,1H3,(H,20,21,22). The first-order valence-corrected chi connectivity index (χ1v) is 8.90. The van der Waals surface area contributed by atoms with Crippen molar-refractivity contribution in [1.82, 2.24) is 14.9 Å². The van der Waals surface area contributed by atoms with Gasteiger partial charge < -0.3 is 15.1 Å². The molecule has 2 aliphatic rings. The van der Waals surface area contributed by atoms with Gasteiger partial charge >= 0.3 is 0 Å². The highest BCUT2D eigenvalue weighted by molar-refractivity contribution is 5.73. The van der Waals surface area contributed by atoms with Gasteiger partial charge in [-0.2, -0.15) is 0 Å². The number of carbonyl (C=O) groups is 1. The highest BCUT2D eigenvalue weighted by atomic mass is 16.2. The third-order valence-electron chi connectivity index (χ3n) is 4.72. The highest BCUT2D eigenvalue weighted by Crippen LogP contribution is 2.28. The molecule has 6 heteroatoms. The maximum absolute atomic E-state index is 11.5. The molecule has 1 amide bonds. The molecule has 0 spiro atoms. The molecule has 0 radical (unpaired) electrons. The molecule has 25 heavy (non-hydrogen) atoms. The maximum Gasteiger partial charge on any atom is 0.219 e. The molecular formula is C19H23N5O. The van der Waals surface area contributed by atoms with Crippen molar-refractivity contribution in [2.45, 2.75) is 25.8 Å². The normalized spacial score (nSPS) is 17.5. The highest BCUT2D eigenvalue weighted by Gasteiger charge is 2.24. The van der Waals surface area contributed by atoms with Gasteiger partial charge in [0.1, 0.15) is 11.6 Å². The molecule has 1 saturated heterocycles. The van der Waals surface area contributed by atoms with E-state index >= 15 is 0 Å². The number of benzene rings is 1. The van der Waals surface area contributed by atoms with Gasteiger partial charge in [0.2, 0.25) is 5.91 Å². The van der Waals surface area contributed by atoms with Crippen molar-refractivity contribution in [3.05, 3.63) is 36.4 Å². The van der Waals surface area contributed by atoms with Crippen molar-refractivity contribution >= 4 is 17.5 Å². The van der Waals surface area contributed by atoms with E-state index in [0.29, 0.717) is 6.04 Å². The summed E-state index contributed by atoms with van der Waals surface area (Å²) in [5.74, 6) is 2.71. The lowest BCUT2D eigenvalue weighted by Crippen LogP contribution is -2.48. The van der Waals surface area contributed by atoms with Crippen molar-refractivity contribution in [3.8, 4) is 11.4 Å². The number of piperazine rings is 1. The van der Waals surface area contributed by atoms with Gasteiger partial charge in [-0.25, -0.2) is 9.97 Å². The Hall–Kier alpha value is -2.63. The largest absolute Gasteiger partial charge is 0.367 e. The van der Waals surface area contributed by atoms with Crippen LogP contribution in [0.5, 0.6) is 0 Å². The van der Waals surface area contributed by atoms with Crippen LogP contribution in [0.4, 0.5) is 11.6 Å². The number of amides is 1. The van der Waals surface area contributed by atoms with Gasteiger partial charge in [0.05, 0.1) is 0 Å². The molecular weight excluding hydrogens is 314 g/mol. The van der Waals surface area contributed by atoms with Crippen molar-refractivity contribution < 1.29 is 4.79 Å². The van der Waals surface area contributed by atoms with E-state index in [4.69, 9.17) is 9.97 Å². The zero-order valence-electron chi connectivity index (χ0n) is 14.5. The lowest BCUT2D eigenvalue weighted by atomic mass is 10.2. The predicted molar refractivity (Wildman–Crippen MR) is 98.6 cm³/mol. The van der Waals surface area contributed by atoms with E-state index in [0.717, 1.165) is 49.2 Å². The molecule has 2 fully saturated rings. The van der Waals surface area contributed by atoms with Crippen LogP contribution in [0.25, 0.3) is 11.4 Å². The summed E-state index contributed by atoms with van der Waals surface area (Å²) in [4.78, 5) is 25.2. The van der Waals surface area contributed by atoms with E-state index in [2.05, 4.69) is 10.2 Å². The number of aromatic nitrogens is 2. The van der Waals surface area contributed by atoms with E-state index in [-0.39, 0.29) is 5.91 Å². The molecule has 0 atom stereocenters. The molecule has 1 aromatic carbocycles. The van der Waals surface area contributed by atoms with Crippen molar-refractivity contribution in [2.75, 3.05) is 36.4 Å². The second-order valence-electron chi connectivity index (χ2n) is 6.71. The maximum atomic E-state index is 11.5. The van der Waals surface area contributed by atoms with Crippen molar-refractivity contribution in [1.29, 1.82) is 0 Å². The Morgan fingerprint density at radius 3 is 2.44 bits per heavy atom. The molecule has 1 aliphatic heterocycles. The van der Waals surface area contributed by atoms with Gasteiger partial charge in [0, 0.05) is 50.8 Å². The van der Waals surface area contributed by atoms with Crippen LogP contribution in [0.2, 0.25) is 0 Å². The van der Waals surface area contributed by atoms with Crippen LogP contribution < -0.4 is 10.2 Å². The van der Waals surface area contributed by atoms with E-state index < -0.39 is 0 Å². The first-order valence-electron chi connectivity index (χ1n) is 8.90. The Kier molecular flexibility index (Phi) is 4.26. The quantitative estimate of drug-likeness (QED) is 0.928.